The van der Waals surface area contributed by atoms with Crippen molar-refractivity contribution in [3.8, 4) is 0 Å². The molecule has 112 valence electrons. The van der Waals surface area contributed by atoms with Crippen molar-refractivity contribution in [3.05, 3.63) is 5.82 Å². The Morgan fingerprint density at radius 1 is 1.05 bits per heavy atom. The number of aromatic nitrogens is 2. The maximum atomic E-state index is 12.7. The molecule has 1 saturated carbocycles. The van der Waals surface area contributed by atoms with Crippen LogP contribution in [0.15, 0.2) is 0 Å². The second-order valence-corrected chi connectivity index (χ2v) is 4.87. The van der Waals surface area contributed by atoms with E-state index in [1.165, 1.54) is 5.01 Å². The summed E-state index contributed by atoms with van der Waals surface area (Å²) in [4.78, 5) is 6.61. The minimum atomic E-state index is -4.69. The molecule has 0 bridgehead atoms. The number of halogens is 3. The first kappa shape index (κ1) is 14.6. The molecular weight excluding hydrogens is 273 g/mol. The van der Waals surface area contributed by atoms with Gasteiger partial charge in [0.05, 0.1) is 0 Å². The first-order valence-electron chi connectivity index (χ1n) is 6.35. The van der Waals surface area contributed by atoms with Gasteiger partial charge < -0.3 is 11.5 Å². The number of hydrogen-bond acceptors (Lipinski definition) is 6. The van der Waals surface area contributed by atoms with Crippen molar-refractivity contribution in [2.24, 2.45) is 5.84 Å². The smallest absolute Gasteiger partial charge is 0.393 e. The van der Waals surface area contributed by atoms with Gasteiger partial charge in [0.2, 0.25) is 5.82 Å². The van der Waals surface area contributed by atoms with Crippen LogP contribution in [0.2, 0.25) is 0 Å². The number of rotatable bonds is 2. The Balaban J connectivity index is 2.36. The number of nitrogens with zero attached hydrogens (tertiary/aromatic N) is 3. The normalized spacial score (nSPS) is 17.2. The average Bonchev–Trinajstić information content (AvgIpc) is 2.40. The van der Waals surface area contributed by atoms with Gasteiger partial charge in [0.25, 0.3) is 0 Å². The molecule has 6 N–H and O–H groups in total. The van der Waals surface area contributed by atoms with E-state index in [2.05, 4.69) is 9.97 Å². The van der Waals surface area contributed by atoms with Crippen LogP contribution < -0.4 is 22.3 Å². The molecule has 0 unspecified atom stereocenters. The average molecular weight is 290 g/mol. The van der Waals surface area contributed by atoms with Crippen LogP contribution in [-0.4, -0.2) is 16.0 Å². The molecule has 9 heteroatoms. The predicted octanol–water partition coefficient (Wildman–Crippen LogP) is 1.67. The van der Waals surface area contributed by atoms with E-state index < -0.39 is 17.8 Å². The summed E-state index contributed by atoms with van der Waals surface area (Å²) >= 11 is 0. The summed E-state index contributed by atoms with van der Waals surface area (Å²) in [6, 6.07) is -0.0820. The lowest BCUT2D eigenvalue weighted by Gasteiger charge is -2.32. The molecule has 1 aromatic heterocycles. The highest BCUT2D eigenvalue weighted by molar-refractivity contribution is 5.73. The van der Waals surface area contributed by atoms with Gasteiger partial charge in [-0.05, 0) is 12.8 Å². The monoisotopic (exact) mass is 290 g/mol. The van der Waals surface area contributed by atoms with Crippen LogP contribution in [0.3, 0.4) is 0 Å². The molecule has 1 heterocycles. The zero-order valence-corrected chi connectivity index (χ0v) is 10.8. The Kier molecular flexibility index (Phi) is 3.89. The van der Waals surface area contributed by atoms with Gasteiger partial charge in [-0.2, -0.15) is 13.2 Å². The SMILES string of the molecule is Nc1nc(C(F)(F)F)nc(N(N)C2CCCCC2)c1N. The molecule has 0 amide bonds. The Labute approximate surface area is 114 Å². The lowest BCUT2D eigenvalue weighted by Crippen LogP contribution is -2.43. The van der Waals surface area contributed by atoms with Crippen LogP contribution in [-0.2, 0) is 6.18 Å². The molecule has 0 spiro atoms. The maximum absolute atomic E-state index is 12.7. The third-order valence-electron chi connectivity index (χ3n) is 3.42. The van der Waals surface area contributed by atoms with Crippen molar-refractivity contribution in [3.63, 3.8) is 0 Å². The quantitative estimate of drug-likeness (QED) is 0.565. The summed E-state index contributed by atoms with van der Waals surface area (Å²) in [5.74, 6) is 4.00. The first-order chi connectivity index (χ1) is 9.30. The molecular formula is C11H17F3N6. The highest BCUT2D eigenvalue weighted by Crippen LogP contribution is 2.34. The van der Waals surface area contributed by atoms with Gasteiger partial charge in [0.15, 0.2) is 11.6 Å². The van der Waals surface area contributed by atoms with E-state index >= 15 is 0 Å². The Morgan fingerprint density at radius 2 is 1.65 bits per heavy atom. The van der Waals surface area contributed by atoms with Gasteiger partial charge in [-0.25, -0.2) is 15.8 Å². The van der Waals surface area contributed by atoms with Gasteiger partial charge in [-0.3, -0.25) is 5.01 Å². The summed E-state index contributed by atoms with van der Waals surface area (Å²) in [6.07, 6.45) is -0.0537. The maximum Gasteiger partial charge on any atom is 0.451 e. The Morgan fingerprint density at radius 3 is 2.20 bits per heavy atom. The highest BCUT2D eigenvalue weighted by atomic mass is 19.4. The van der Waals surface area contributed by atoms with Crippen LogP contribution >= 0.6 is 0 Å². The third kappa shape index (κ3) is 2.87. The van der Waals surface area contributed by atoms with Crippen molar-refractivity contribution in [2.75, 3.05) is 16.5 Å². The van der Waals surface area contributed by atoms with Crippen LogP contribution in [0.4, 0.5) is 30.5 Å². The van der Waals surface area contributed by atoms with E-state index in [0.717, 1.165) is 32.1 Å². The lowest BCUT2D eigenvalue weighted by molar-refractivity contribution is -0.144. The van der Waals surface area contributed by atoms with E-state index in [-0.39, 0.29) is 17.5 Å². The van der Waals surface area contributed by atoms with Crippen LogP contribution in [0, 0.1) is 0 Å². The fourth-order valence-corrected chi connectivity index (χ4v) is 2.33. The van der Waals surface area contributed by atoms with Crippen LogP contribution in [0.25, 0.3) is 0 Å². The van der Waals surface area contributed by atoms with E-state index in [1.807, 2.05) is 0 Å². The predicted molar refractivity (Wildman–Crippen MR) is 69.4 cm³/mol. The molecule has 0 saturated heterocycles. The van der Waals surface area contributed by atoms with Gasteiger partial charge in [-0.15, -0.1) is 0 Å². The van der Waals surface area contributed by atoms with Crippen LogP contribution in [0.1, 0.15) is 37.9 Å². The fourth-order valence-electron chi connectivity index (χ4n) is 2.33. The third-order valence-corrected chi connectivity index (χ3v) is 3.42. The van der Waals surface area contributed by atoms with Gasteiger partial charge in [0, 0.05) is 6.04 Å². The van der Waals surface area contributed by atoms with Crippen molar-refractivity contribution in [2.45, 2.75) is 44.3 Å². The second-order valence-electron chi connectivity index (χ2n) is 4.87. The van der Waals surface area contributed by atoms with Gasteiger partial charge in [0.1, 0.15) is 5.69 Å². The summed E-state index contributed by atoms with van der Waals surface area (Å²) in [7, 11) is 0. The largest absolute Gasteiger partial charge is 0.451 e. The molecule has 2 rings (SSSR count). The minimum Gasteiger partial charge on any atom is -0.393 e. The minimum absolute atomic E-state index is 0.0820. The molecule has 1 aliphatic carbocycles. The number of anilines is 3. The van der Waals surface area contributed by atoms with Crippen molar-refractivity contribution in [1.82, 2.24) is 9.97 Å². The number of nitrogen functional groups attached to an aromatic ring is 2. The Hall–Kier alpha value is -1.77. The zero-order chi connectivity index (χ0) is 14.9. The summed E-state index contributed by atoms with van der Waals surface area (Å²) in [6.45, 7) is 0. The first-order valence-corrected chi connectivity index (χ1v) is 6.35. The van der Waals surface area contributed by atoms with E-state index in [1.54, 1.807) is 0 Å². The second kappa shape index (κ2) is 5.31. The summed E-state index contributed by atoms with van der Waals surface area (Å²) in [5.41, 5.74) is 11.0. The molecule has 6 nitrogen and oxygen atoms in total. The van der Waals surface area contributed by atoms with Crippen LogP contribution in [0.5, 0.6) is 0 Å². The number of alkyl halides is 3. The van der Waals surface area contributed by atoms with Crippen molar-refractivity contribution < 1.29 is 13.2 Å². The number of hydrazine groups is 1. The van der Waals surface area contributed by atoms with E-state index in [0.29, 0.717) is 0 Å². The molecule has 20 heavy (non-hydrogen) atoms. The van der Waals surface area contributed by atoms with E-state index in [9.17, 15) is 13.2 Å². The topological polar surface area (TPSA) is 107 Å². The fraction of sp³-hybridized carbons (Fsp3) is 0.636. The standard InChI is InChI=1S/C11H17F3N6/c12-11(13,14)10-18-8(16)7(15)9(19-10)20(17)6-4-2-1-3-5-6/h6H,1-5,15,17H2,(H2,16,18,19). The molecule has 0 atom stereocenters. The molecule has 0 aromatic carbocycles. The number of hydrogen-bond donors (Lipinski definition) is 3. The molecule has 1 aromatic rings. The zero-order valence-electron chi connectivity index (χ0n) is 10.8. The van der Waals surface area contributed by atoms with Gasteiger partial charge >= 0.3 is 6.18 Å². The van der Waals surface area contributed by atoms with Gasteiger partial charge in [-0.1, -0.05) is 19.3 Å². The number of nitrogens with two attached hydrogens (primary N) is 3. The molecule has 1 aliphatic rings. The molecule has 0 aliphatic heterocycles. The van der Waals surface area contributed by atoms with Crippen molar-refractivity contribution in [1.29, 1.82) is 0 Å². The van der Waals surface area contributed by atoms with E-state index in [4.69, 9.17) is 17.3 Å². The molecule has 0 radical (unpaired) electrons. The highest BCUT2D eigenvalue weighted by Gasteiger charge is 2.37. The summed E-state index contributed by atoms with van der Waals surface area (Å²) in [5, 5.41) is 1.20. The summed E-state index contributed by atoms with van der Waals surface area (Å²) < 4.78 is 38.1. The molecule has 1 fully saturated rings. The van der Waals surface area contributed by atoms with Crippen molar-refractivity contribution >= 4 is 17.3 Å². The lowest BCUT2D eigenvalue weighted by atomic mass is 9.95. The Bertz CT molecular complexity index is 484.